The Morgan fingerprint density at radius 2 is 1.88 bits per heavy atom. The van der Waals surface area contributed by atoms with E-state index in [2.05, 4.69) is 24.5 Å². The van der Waals surface area contributed by atoms with E-state index in [1.165, 1.54) is 0 Å². The molecule has 6 heteroatoms. The lowest BCUT2D eigenvalue weighted by atomic mass is 10.2. The van der Waals surface area contributed by atoms with Gasteiger partial charge in [0.25, 0.3) is 0 Å². The molecule has 0 heterocycles. The summed E-state index contributed by atoms with van der Waals surface area (Å²) in [5.74, 6) is 0.940. The third kappa shape index (κ3) is 5.62. The molecule has 0 unspecified atom stereocenters. The van der Waals surface area contributed by atoms with Crippen molar-refractivity contribution in [3.05, 3.63) is 52.5 Å². The van der Waals surface area contributed by atoms with Gasteiger partial charge in [-0.1, -0.05) is 49.2 Å². The number of para-hydroxylation sites is 2. The Labute approximate surface area is 152 Å². The van der Waals surface area contributed by atoms with Crippen molar-refractivity contribution in [2.24, 2.45) is 5.92 Å². The van der Waals surface area contributed by atoms with Crippen molar-refractivity contribution in [3.63, 3.8) is 0 Å². The van der Waals surface area contributed by atoms with Crippen LogP contribution in [0.2, 0.25) is 10.0 Å². The average Bonchev–Trinajstić information content (AvgIpc) is 2.54. The molecule has 4 nitrogen and oxygen atoms in total. The highest BCUT2D eigenvalue weighted by Crippen LogP contribution is 2.26. The second-order valence-electron chi connectivity index (χ2n) is 5.73. The maximum absolute atomic E-state index is 12.1. The van der Waals surface area contributed by atoms with E-state index in [1.54, 1.807) is 18.2 Å². The van der Waals surface area contributed by atoms with Crippen LogP contribution in [-0.2, 0) is 4.79 Å². The molecule has 0 saturated heterocycles. The first-order valence-electron chi connectivity index (χ1n) is 7.66. The fourth-order valence-electron chi connectivity index (χ4n) is 1.96. The molecule has 0 fully saturated rings. The number of hydrogen-bond acceptors (Lipinski definition) is 3. The topological polar surface area (TPSA) is 50.4 Å². The van der Waals surface area contributed by atoms with Crippen molar-refractivity contribution in [1.29, 1.82) is 0 Å². The number of benzene rings is 2. The smallest absolute Gasteiger partial charge is 0.243 e. The molecular formula is C18H20Cl2N2O2. The van der Waals surface area contributed by atoms with E-state index in [4.69, 9.17) is 27.9 Å². The van der Waals surface area contributed by atoms with Crippen LogP contribution in [0.15, 0.2) is 42.5 Å². The number of ether oxygens (including phenoxy) is 1. The molecule has 0 spiro atoms. The van der Waals surface area contributed by atoms with E-state index in [9.17, 15) is 4.79 Å². The number of rotatable bonds is 7. The minimum atomic E-state index is -0.210. The Morgan fingerprint density at radius 3 is 2.58 bits per heavy atom. The van der Waals surface area contributed by atoms with E-state index >= 15 is 0 Å². The van der Waals surface area contributed by atoms with Crippen LogP contribution < -0.4 is 15.4 Å². The monoisotopic (exact) mass is 366 g/mol. The van der Waals surface area contributed by atoms with Gasteiger partial charge in [0.15, 0.2) is 0 Å². The van der Waals surface area contributed by atoms with E-state index in [1.807, 2.05) is 24.3 Å². The minimum absolute atomic E-state index is 0.0982. The highest BCUT2D eigenvalue weighted by Gasteiger charge is 2.09. The Kier molecular flexibility index (Phi) is 6.76. The highest BCUT2D eigenvalue weighted by atomic mass is 35.5. The van der Waals surface area contributed by atoms with Crippen molar-refractivity contribution in [1.82, 2.24) is 0 Å². The molecule has 0 bridgehead atoms. The molecule has 0 aromatic heterocycles. The molecule has 128 valence electrons. The molecule has 0 saturated carbocycles. The lowest BCUT2D eigenvalue weighted by Gasteiger charge is -2.14. The molecule has 24 heavy (non-hydrogen) atoms. The van der Waals surface area contributed by atoms with Crippen LogP contribution in [0, 0.1) is 5.92 Å². The number of carbonyl (C=O) groups excluding carboxylic acids is 1. The van der Waals surface area contributed by atoms with Gasteiger partial charge in [-0.05, 0) is 36.2 Å². The quantitative estimate of drug-likeness (QED) is 0.718. The minimum Gasteiger partial charge on any atom is -0.491 e. The first-order valence-corrected chi connectivity index (χ1v) is 8.42. The van der Waals surface area contributed by atoms with Gasteiger partial charge in [0, 0.05) is 5.02 Å². The Morgan fingerprint density at radius 1 is 1.12 bits per heavy atom. The van der Waals surface area contributed by atoms with E-state index in [-0.39, 0.29) is 12.5 Å². The first-order chi connectivity index (χ1) is 11.5. The normalized spacial score (nSPS) is 10.5. The number of hydrogen-bond donors (Lipinski definition) is 2. The van der Waals surface area contributed by atoms with Crippen LogP contribution >= 0.6 is 23.2 Å². The molecule has 1 amide bonds. The average molecular weight is 367 g/mol. The molecule has 0 radical (unpaired) electrons. The summed E-state index contributed by atoms with van der Waals surface area (Å²) in [7, 11) is 0. The predicted octanol–water partition coefficient (Wildman–Crippen LogP) is 5.08. The van der Waals surface area contributed by atoms with Crippen molar-refractivity contribution in [3.8, 4) is 5.75 Å². The summed E-state index contributed by atoms with van der Waals surface area (Å²) >= 11 is 11.9. The molecule has 2 aromatic carbocycles. The van der Waals surface area contributed by atoms with Gasteiger partial charge in [-0.25, -0.2) is 0 Å². The Bertz CT molecular complexity index is 705. The molecule has 0 aliphatic carbocycles. The zero-order valence-corrected chi connectivity index (χ0v) is 15.1. The van der Waals surface area contributed by atoms with Gasteiger partial charge in [-0.3, -0.25) is 4.79 Å². The summed E-state index contributed by atoms with van der Waals surface area (Å²) in [6.45, 7) is 4.88. The van der Waals surface area contributed by atoms with Crippen LogP contribution in [0.3, 0.4) is 0 Å². The third-order valence-electron chi connectivity index (χ3n) is 3.10. The SMILES string of the molecule is CC(C)COc1ccccc1NCC(=O)Nc1ccc(Cl)cc1Cl. The standard InChI is InChI=1S/C18H20Cl2N2O2/c1-12(2)11-24-17-6-4-3-5-16(17)21-10-18(23)22-15-8-7-13(19)9-14(15)20/h3-9,12,21H,10-11H2,1-2H3,(H,22,23). The van der Waals surface area contributed by atoms with E-state index in [0.29, 0.717) is 28.3 Å². The van der Waals surface area contributed by atoms with Gasteiger partial charge in [0.2, 0.25) is 5.91 Å². The number of nitrogens with one attached hydrogen (secondary N) is 2. The molecular weight excluding hydrogens is 347 g/mol. The van der Waals surface area contributed by atoms with Crippen molar-refractivity contribution >= 4 is 40.5 Å². The fourth-order valence-corrected chi connectivity index (χ4v) is 2.41. The summed E-state index contributed by atoms with van der Waals surface area (Å²) in [6.07, 6.45) is 0. The number of amides is 1. The summed E-state index contributed by atoms with van der Waals surface area (Å²) in [4.78, 5) is 12.1. The first kappa shape index (κ1) is 18.4. The number of carbonyl (C=O) groups is 1. The van der Waals surface area contributed by atoms with Gasteiger partial charge in [0.1, 0.15) is 5.75 Å². The second kappa shape index (κ2) is 8.81. The van der Waals surface area contributed by atoms with Crippen LogP contribution in [-0.4, -0.2) is 19.1 Å². The number of halogens is 2. The molecule has 2 rings (SSSR count). The van der Waals surface area contributed by atoms with Gasteiger partial charge >= 0.3 is 0 Å². The van der Waals surface area contributed by atoms with Gasteiger partial charge < -0.3 is 15.4 Å². The molecule has 2 aromatic rings. The van der Waals surface area contributed by atoms with Gasteiger partial charge in [0.05, 0.1) is 29.5 Å². The number of anilines is 2. The fraction of sp³-hybridized carbons (Fsp3) is 0.278. The molecule has 0 aliphatic heterocycles. The van der Waals surface area contributed by atoms with E-state index in [0.717, 1.165) is 11.4 Å². The predicted molar refractivity (Wildman–Crippen MR) is 100 cm³/mol. The van der Waals surface area contributed by atoms with Crippen LogP contribution in [0.25, 0.3) is 0 Å². The molecule has 0 atom stereocenters. The van der Waals surface area contributed by atoms with Crippen LogP contribution in [0.5, 0.6) is 5.75 Å². The summed E-state index contributed by atoms with van der Waals surface area (Å²) in [5.41, 5.74) is 1.30. The third-order valence-corrected chi connectivity index (χ3v) is 3.65. The van der Waals surface area contributed by atoms with Crippen LogP contribution in [0.4, 0.5) is 11.4 Å². The maximum atomic E-state index is 12.1. The van der Waals surface area contributed by atoms with Crippen molar-refractivity contribution in [2.75, 3.05) is 23.8 Å². The zero-order valence-electron chi connectivity index (χ0n) is 13.6. The summed E-state index contributed by atoms with van der Waals surface area (Å²) < 4.78 is 5.75. The Hall–Kier alpha value is -1.91. The molecule has 2 N–H and O–H groups in total. The lowest BCUT2D eigenvalue weighted by molar-refractivity contribution is -0.114. The van der Waals surface area contributed by atoms with Crippen molar-refractivity contribution < 1.29 is 9.53 Å². The second-order valence-corrected chi connectivity index (χ2v) is 6.57. The summed E-state index contributed by atoms with van der Waals surface area (Å²) in [6, 6.07) is 12.5. The maximum Gasteiger partial charge on any atom is 0.243 e. The summed E-state index contributed by atoms with van der Waals surface area (Å²) in [5, 5.41) is 6.75. The van der Waals surface area contributed by atoms with Crippen molar-refractivity contribution in [2.45, 2.75) is 13.8 Å². The molecule has 0 aliphatic rings. The highest BCUT2D eigenvalue weighted by molar-refractivity contribution is 6.36. The Balaban J connectivity index is 1.94. The van der Waals surface area contributed by atoms with Crippen LogP contribution in [0.1, 0.15) is 13.8 Å². The largest absolute Gasteiger partial charge is 0.491 e. The zero-order chi connectivity index (χ0) is 17.5. The van der Waals surface area contributed by atoms with Gasteiger partial charge in [-0.15, -0.1) is 0 Å². The van der Waals surface area contributed by atoms with E-state index < -0.39 is 0 Å². The van der Waals surface area contributed by atoms with Gasteiger partial charge in [-0.2, -0.15) is 0 Å². The lowest BCUT2D eigenvalue weighted by Crippen LogP contribution is -2.22.